The zero-order valence-corrected chi connectivity index (χ0v) is 11.3. The van der Waals surface area contributed by atoms with E-state index in [2.05, 4.69) is 12.2 Å². The summed E-state index contributed by atoms with van der Waals surface area (Å²) in [4.78, 5) is 11.5. The zero-order valence-electron chi connectivity index (χ0n) is 11.3. The standard InChI is InChI=1S/C15H21NO3/c1-11-10-13(11)14-6-4-12(19-14)5-7-15(18)16-8-2-3-9-17/h4-7,11,13,17H,2-3,8-10H2,1H3,(H,16,18)/b7-5+. The summed E-state index contributed by atoms with van der Waals surface area (Å²) in [5, 5.41) is 11.4. The Kier molecular flexibility index (Phi) is 4.80. The minimum absolute atomic E-state index is 0.129. The normalized spacial score (nSPS) is 21.8. The predicted octanol–water partition coefficient (Wildman–Crippen LogP) is 2.30. The van der Waals surface area contributed by atoms with E-state index in [0.29, 0.717) is 18.9 Å². The summed E-state index contributed by atoms with van der Waals surface area (Å²) < 4.78 is 5.67. The number of unbranched alkanes of at least 4 members (excludes halogenated alkanes) is 1. The molecule has 0 saturated heterocycles. The Morgan fingerprint density at radius 2 is 2.32 bits per heavy atom. The summed E-state index contributed by atoms with van der Waals surface area (Å²) in [6, 6.07) is 3.89. The van der Waals surface area contributed by atoms with E-state index < -0.39 is 0 Å². The maximum Gasteiger partial charge on any atom is 0.244 e. The molecule has 0 aliphatic heterocycles. The molecule has 1 saturated carbocycles. The zero-order chi connectivity index (χ0) is 13.7. The molecule has 4 heteroatoms. The van der Waals surface area contributed by atoms with Crippen molar-refractivity contribution in [3.63, 3.8) is 0 Å². The topological polar surface area (TPSA) is 62.5 Å². The van der Waals surface area contributed by atoms with Gasteiger partial charge < -0.3 is 14.8 Å². The molecule has 1 amide bonds. The first-order chi connectivity index (χ1) is 9.20. The highest BCUT2D eigenvalue weighted by Gasteiger charge is 2.36. The van der Waals surface area contributed by atoms with Gasteiger partial charge in [-0.2, -0.15) is 0 Å². The molecule has 2 unspecified atom stereocenters. The molecule has 4 nitrogen and oxygen atoms in total. The monoisotopic (exact) mass is 263 g/mol. The van der Waals surface area contributed by atoms with Gasteiger partial charge in [0.05, 0.1) is 0 Å². The lowest BCUT2D eigenvalue weighted by Gasteiger charge is -1.99. The number of carbonyl (C=O) groups excluding carboxylic acids is 1. The van der Waals surface area contributed by atoms with Gasteiger partial charge in [-0.3, -0.25) is 4.79 Å². The first-order valence-electron chi connectivity index (χ1n) is 6.87. The van der Waals surface area contributed by atoms with Crippen molar-refractivity contribution in [2.45, 2.75) is 32.1 Å². The van der Waals surface area contributed by atoms with E-state index in [0.717, 1.165) is 23.9 Å². The third kappa shape index (κ3) is 4.24. The Morgan fingerprint density at radius 1 is 1.53 bits per heavy atom. The summed E-state index contributed by atoms with van der Waals surface area (Å²) >= 11 is 0. The summed E-state index contributed by atoms with van der Waals surface area (Å²) in [7, 11) is 0. The van der Waals surface area contributed by atoms with Crippen LogP contribution in [-0.4, -0.2) is 24.2 Å². The summed E-state index contributed by atoms with van der Waals surface area (Å²) in [6.45, 7) is 2.97. The summed E-state index contributed by atoms with van der Waals surface area (Å²) in [5.74, 6) is 2.90. The molecular formula is C15H21NO3. The van der Waals surface area contributed by atoms with Crippen molar-refractivity contribution in [2.24, 2.45) is 5.92 Å². The molecular weight excluding hydrogens is 242 g/mol. The Hall–Kier alpha value is -1.55. The van der Waals surface area contributed by atoms with Crippen LogP contribution in [0.2, 0.25) is 0 Å². The van der Waals surface area contributed by atoms with Gasteiger partial charge in [0.15, 0.2) is 0 Å². The molecule has 104 valence electrons. The van der Waals surface area contributed by atoms with Crippen molar-refractivity contribution in [1.82, 2.24) is 5.32 Å². The third-order valence-corrected chi connectivity index (χ3v) is 3.41. The fraction of sp³-hybridized carbons (Fsp3) is 0.533. The van der Waals surface area contributed by atoms with Crippen LogP contribution in [0.3, 0.4) is 0 Å². The Labute approximate surface area is 113 Å². The number of aliphatic hydroxyl groups excluding tert-OH is 1. The van der Waals surface area contributed by atoms with Crippen molar-refractivity contribution < 1.29 is 14.3 Å². The predicted molar refractivity (Wildman–Crippen MR) is 73.6 cm³/mol. The van der Waals surface area contributed by atoms with Crippen LogP contribution in [0.1, 0.15) is 43.6 Å². The first-order valence-corrected chi connectivity index (χ1v) is 6.87. The highest BCUT2D eigenvalue weighted by Crippen LogP contribution is 2.47. The molecule has 1 aliphatic rings. The number of nitrogens with one attached hydrogen (secondary N) is 1. The second-order valence-electron chi connectivity index (χ2n) is 5.11. The maximum atomic E-state index is 11.5. The quantitative estimate of drug-likeness (QED) is 0.586. The molecule has 0 bridgehead atoms. The van der Waals surface area contributed by atoms with Crippen LogP contribution in [0.15, 0.2) is 22.6 Å². The van der Waals surface area contributed by atoms with Crippen LogP contribution in [0.5, 0.6) is 0 Å². The fourth-order valence-electron chi connectivity index (χ4n) is 2.04. The molecule has 1 aromatic rings. The Morgan fingerprint density at radius 3 is 3.00 bits per heavy atom. The highest BCUT2D eigenvalue weighted by atomic mass is 16.3. The molecule has 1 aliphatic carbocycles. The number of aliphatic hydroxyl groups is 1. The van der Waals surface area contributed by atoms with E-state index in [1.54, 1.807) is 6.08 Å². The molecule has 2 rings (SSSR count). The molecule has 0 spiro atoms. The lowest BCUT2D eigenvalue weighted by molar-refractivity contribution is -0.116. The van der Waals surface area contributed by atoms with Gasteiger partial charge in [0.25, 0.3) is 0 Å². The van der Waals surface area contributed by atoms with Crippen LogP contribution < -0.4 is 5.32 Å². The second kappa shape index (κ2) is 6.57. The number of hydrogen-bond acceptors (Lipinski definition) is 3. The van der Waals surface area contributed by atoms with Crippen LogP contribution >= 0.6 is 0 Å². The lowest BCUT2D eigenvalue weighted by Crippen LogP contribution is -2.22. The molecule has 19 heavy (non-hydrogen) atoms. The molecule has 1 fully saturated rings. The second-order valence-corrected chi connectivity index (χ2v) is 5.11. The first kappa shape index (κ1) is 13.9. The number of carbonyl (C=O) groups is 1. The van der Waals surface area contributed by atoms with Crippen molar-refractivity contribution >= 4 is 12.0 Å². The molecule has 1 aromatic heterocycles. The van der Waals surface area contributed by atoms with Gasteiger partial charge in [-0.15, -0.1) is 0 Å². The Balaban J connectivity index is 1.75. The average molecular weight is 263 g/mol. The number of amides is 1. The van der Waals surface area contributed by atoms with Gasteiger partial charge in [0, 0.05) is 25.1 Å². The van der Waals surface area contributed by atoms with E-state index in [-0.39, 0.29) is 12.5 Å². The van der Waals surface area contributed by atoms with Crippen LogP contribution in [0.4, 0.5) is 0 Å². The molecule has 2 N–H and O–H groups in total. The number of furan rings is 1. The summed E-state index contributed by atoms with van der Waals surface area (Å²) in [5.41, 5.74) is 0. The average Bonchev–Trinajstić information content (AvgIpc) is 2.95. The minimum Gasteiger partial charge on any atom is -0.461 e. The summed E-state index contributed by atoms with van der Waals surface area (Å²) in [6.07, 6.45) is 5.88. The minimum atomic E-state index is -0.129. The molecule has 2 atom stereocenters. The van der Waals surface area contributed by atoms with E-state index in [9.17, 15) is 4.79 Å². The molecule has 0 aromatic carbocycles. The van der Waals surface area contributed by atoms with Crippen LogP contribution in [0.25, 0.3) is 6.08 Å². The Bertz CT molecular complexity index is 450. The lowest BCUT2D eigenvalue weighted by atomic mass is 10.3. The van der Waals surface area contributed by atoms with E-state index in [1.807, 2.05) is 12.1 Å². The van der Waals surface area contributed by atoms with Gasteiger partial charge in [-0.1, -0.05) is 6.92 Å². The molecule has 1 heterocycles. The highest BCUT2D eigenvalue weighted by molar-refractivity contribution is 5.91. The van der Waals surface area contributed by atoms with Gasteiger partial charge in [-0.05, 0) is 43.4 Å². The van der Waals surface area contributed by atoms with Gasteiger partial charge in [0.1, 0.15) is 11.5 Å². The van der Waals surface area contributed by atoms with Gasteiger partial charge in [0.2, 0.25) is 5.91 Å². The van der Waals surface area contributed by atoms with Crippen molar-refractivity contribution in [3.8, 4) is 0 Å². The van der Waals surface area contributed by atoms with Gasteiger partial charge in [-0.25, -0.2) is 0 Å². The largest absolute Gasteiger partial charge is 0.461 e. The maximum absolute atomic E-state index is 11.5. The van der Waals surface area contributed by atoms with E-state index in [4.69, 9.17) is 9.52 Å². The van der Waals surface area contributed by atoms with Crippen LogP contribution in [-0.2, 0) is 4.79 Å². The van der Waals surface area contributed by atoms with Crippen molar-refractivity contribution in [3.05, 3.63) is 29.7 Å². The van der Waals surface area contributed by atoms with Crippen molar-refractivity contribution in [1.29, 1.82) is 0 Å². The third-order valence-electron chi connectivity index (χ3n) is 3.41. The number of hydrogen-bond donors (Lipinski definition) is 2. The fourth-order valence-corrected chi connectivity index (χ4v) is 2.04. The SMILES string of the molecule is CC1CC1c1ccc(/C=C/C(=O)NCCCCO)o1. The van der Waals surface area contributed by atoms with Gasteiger partial charge >= 0.3 is 0 Å². The van der Waals surface area contributed by atoms with E-state index >= 15 is 0 Å². The van der Waals surface area contributed by atoms with Crippen molar-refractivity contribution in [2.75, 3.05) is 13.2 Å². The van der Waals surface area contributed by atoms with E-state index in [1.165, 1.54) is 12.5 Å². The smallest absolute Gasteiger partial charge is 0.244 e. The van der Waals surface area contributed by atoms with Crippen LogP contribution in [0, 0.1) is 5.92 Å². The molecule has 0 radical (unpaired) electrons. The number of rotatable bonds is 7.